The number of pyridine rings is 1. The quantitative estimate of drug-likeness (QED) is 0.690. The number of benzene rings is 1. The molecule has 0 saturated carbocycles. The molecule has 4 rings (SSSR count). The smallest absolute Gasteiger partial charge is 0.255 e. The fourth-order valence-corrected chi connectivity index (χ4v) is 3.01. The monoisotopic (exact) mass is 375 g/mol. The summed E-state index contributed by atoms with van der Waals surface area (Å²) in [6.45, 7) is 0.228. The minimum atomic E-state index is -0.290. The molecule has 1 aliphatic heterocycles. The molecule has 2 aromatic heterocycles. The number of amides is 3. The molecule has 0 unspecified atom stereocenters. The van der Waals surface area contributed by atoms with Gasteiger partial charge in [0.05, 0.1) is 12.2 Å². The van der Waals surface area contributed by atoms with Crippen LogP contribution in [0.5, 0.6) is 0 Å². The van der Waals surface area contributed by atoms with Gasteiger partial charge < -0.3 is 5.32 Å². The van der Waals surface area contributed by atoms with Crippen LogP contribution < -0.4 is 5.32 Å². The first-order valence-corrected chi connectivity index (χ1v) is 8.80. The number of hydrogen-bond donors (Lipinski definition) is 1. The van der Waals surface area contributed by atoms with Crippen LogP contribution in [-0.4, -0.2) is 37.4 Å². The molecule has 0 aliphatic carbocycles. The van der Waals surface area contributed by atoms with Crippen molar-refractivity contribution in [1.29, 1.82) is 0 Å². The number of hydrogen-bond acceptors (Lipinski definition) is 5. The number of rotatable bonds is 5. The van der Waals surface area contributed by atoms with Crippen LogP contribution in [0.15, 0.2) is 61.1 Å². The molecular weight excluding hydrogens is 358 g/mol. The highest BCUT2D eigenvalue weighted by Gasteiger charge is 2.28. The van der Waals surface area contributed by atoms with Gasteiger partial charge in [-0.25, -0.2) is 9.67 Å². The van der Waals surface area contributed by atoms with Crippen LogP contribution in [0.3, 0.4) is 0 Å². The molecule has 1 aliphatic rings. The fraction of sp³-hybridized carbons (Fsp3) is 0.150. The number of nitrogens with zero attached hydrogens (tertiary/aromatic N) is 4. The second-order valence-corrected chi connectivity index (χ2v) is 6.35. The van der Waals surface area contributed by atoms with Gasteiger partial charge in [0.15, 0.2) is 5.82 Å². The van der Waals surface area contributed by atoms with Gasteiger partial charge in [0.2, 0.25) is 11.8 Å². The lowest BCUT2D eigenvalue weighted by Gasteiger charge is -2.14. The maximum Gasteiger partial charge on any atom is 0.255 e. The van der Waals surface area contributed by atoms with Crippen LogP contribution >= 0.6 is 0 Å². The molecule has 3 amide bonds. The topological polar surface area (TPSA) is 97.2 Å². The van der Waals surface area contributed by atoms with Crippen molar-refractivity contribution >= 4 is 23.4 Å². The summed E-state index contributed by atoms with van der Waals surface area (Å²) in [5.74, 6) is -0.0890. The van der Waals surface area contributed by atoms with E-state index < -0.39 is 0 Å². The van der Waals surface area contributed by atoms with Gasteiger partial charge in [0.1, 0.15) is 0 Å². The minimum absolute atomic E-state index is 0.158. The van der Waals surface area contributed by atoms with E-state index in [1.165, 1.54) is 4.90 Å². The fourth-order valence-electron chi connectivity index (χ4n) is 3.01. The molecule has 1 N–H and O–H groups in total. The molecule has 0 bridgehead atoms. The molecule has 8 heteroatoms. The number of carbonyl (C=O) groups is 3. The Hall–Kier alpha value is -3.81. The number of carbonyl (C=O) groups excluding carboxylic acids is 3. The summed E-state index contributed by atoms with van der Waals surface area (Å²) in [6.07, 6.45) is 5.54. The van der Waals surface area contributed by atoms with E-state index in [1.807, 2.05) is 0 Å². The summed E-state index contributed by atoms with van der Waals surface area (Å²) < 4.78 is 1.57. The number of aromatic nitrogens is 3. The second kappa shape index (κ2) is 7.43. The molecule has 1 saturated heterocycles. The predicted octanol–water partition coefficient (Wildman–Crippen LogP) is 2.17. The zero-order valence-electron chi connectivity index (χ0n) is 14.9. The first kappa shape index (κ1) is 17.6. The lowest BCUT2D eigenvalue weighted by Crippen LogP contribution is -2.28. The van der Waals surface area contributed by atoms with Gasteiger partial charge in [-0.05, 0) is 35.9 Å². The van der Waals surface area contributed by atoms with Gasteiger partial charge in [0.25, 0.3) is 5.91 Å². The zero-order chi connectivity index (χ0) is 19.5. The SMILES string of the molecule is O=C(Nc1cccnc1-n1cccn1)c1ccc(CN2C(=O)CCC2=O)cc1. The van der Waals surface area contributed by atoms with Crippen molar-refractivity contribution in [1.82, 2.24) is 19.7 Å². The second-order valence-electron chi connectivity index (χ2n) is 6.35. The van der Waals surface area contributed by atoms with E-state index in [9.17, 15) is 14.4 Å². The Morgan fingerprint density at radius 1 is 1.00 bits per heavy atom. The largest absolute Gasteiger partial charge is 0.319 e. The van der Waals surface area contributed by atoms with Crippen LogP contribution in [0.1, 0.15) is 28.8 Å². The van der Waals surface area contributed by atoms with Gasteiger partial charge in [0, 0.05) is 37.0 Å². The highest BCUT2D eigenvalue weighted by molar-refractivity contribution is 6.05. The average molecular weight is 375 g/mol. The van der Waals surface area contributed by atoms with Crippen LogP contribution in [0.25, 0.3) is 5.82 Å². The third-order valence-corrected chi connectivity index (χ3v) is 4.47. The van der Waals surface area contributed by atoms with E-state index in [1.54, 1.807) is 65.7 Å². The van der Waals surface area contributed by atoms with Gasteiger partial charge in [-0.3, -0.25) is 19.3 Å². The Bertz CT molecular complexity index is 1010. The summed E-state index contributed by atoms with van der Waals surface area (Å²) in [5, 5.41) is 6.98. The molecule has 1 aromatic carbocycles. The number of nitrogens with one attached hydrogen (secondary N) is 1. The molecule has 3 heterocycles. The maximum atomic E-state index is 12.6. The standard InChI is InChI=1S/C20H17N5O3/c26-17-8-9-18(27)24(17)13-14-4-6-15(7-5-14)20(28)23-16-3-1-10-21-19(16)25-12-2-11-22-25/h1-7,10-12H,8-9,13H2,(H,23,28). The van der Waals surface area contributed by atoms with Crippen molar-refractivity contribution in [3.63, 3.8) is 0 Å². The Morgan fingerprint density at radius 3 is 2.43 bits per heavy atom. The van der Waals surface area contributed by atoms with E-state index in [-0.39, 0.29) is 37.1 Å². The van der Waals surface area contributed by atoms with Crippen molar-refractivity contribution in [3.8, 4) is 5.82 Å². The van der Waals surface area contributed by atoms with E-state index >= 15 is 0 Å². The third-order valence-electron chi connectivity index (χ3n) is 4.47. The van der Waals surface area contributed by atoms with Crippen molar-refractivity contribution in [2.75, 3.05) is 5.32 Å². The van der Waals surface area contributed by atoms with Gasteiger partial charge >= 0.3 is 0 Å². The normalized spacial score (nSPS) is 13.8. The van der Waals surface area contributed by atoms with E-state index in [4.69, 9.17) is 0 Å². The van der Waals surface area contributed by atoms with Crippen molar-refractivity contribution in [2.45, 2.75) is 19.4 Å². The van der Waals surface area contributed by atoms with Crippen molar-refractivity contribution in [2.24, 2.45) is 0 Å². The average Bonchev–Trinajstić information content (AvgIpc) is 3.35. The van der Waals surface area contributed by atoms with Crippen LogP contribution in [0.4, 0.5) is 5.69 Å². The number of anilines is 1. The van der Waals surface area contributed by atoms with E-state index in [0.717, 1.165) is 5.56 Å². The Morgan fingerprint density at radius 2 is 1.75 bits per heavy atom. The van der Waals surface area contributed by atoms with Gasteiger partial charge in [-0.2, -0.15) is 5.10 Å². The van der Waals surface area contributed by atoms with Crippen LogP contribution in [-0.2, 0) is 16.1 Å². The third kappa shape index (κ3) is 3.52. The van der Waals surface area contributed by atoms with Crippen molar-refractivity contribution < 1.29 is 14.4 Å². The summed E-state index contributed by atoms with van der Waals surface area (Å²) in [7, 11) is 0. The highest BCUT2D eigenvalue weighted by Crippen LogP contribution is 2.19. The first-order chi connectivity index (χ1) is 13.6. The molecule has 3 aromatic rings. The zero-order valence-corrected chi connectivity index (χ0v) is 14.9. The Labute approximate surface area is 160 Å². The summed E-state index contributed by atoms with van der Waals surface area (Å²) in [6, 6.07) is 12.1. The minimum Gasteiger partial charge on any atom is -0.319 e. The molecule has 8 nitrogen and oxygen atoms in total. The molecule has 28 heavy (non-hydrogen) atoms. The summed E-state index contributed by atoms with van der Waals surface area (Å²) in [4.78, 5) is 41.6. The molecular formula is C20H17N5O3. The molecule has 0 radical (unpaired) electrons. The molecule has 0 spiro atoms. The Balaban J connectivity index is 1.48. The highest BCUT2D eigenvalue weighted by atomic mass is 16.2. The lowest BCUT2D eigenvalue weighted by atomic mass is 10.1. The van der Waals surface area contributed by atoms with Crippen LogP contribution in [0, 0.1) is 0 Å². The Kier molecular flexibility index (Phi) is 4.67. The van der Waals surface area contributed by atoms with E-state index in [0.29, 0.717) is 17.1 Å². The lowest BCUT2D eigenvalue weighted by molar-refractivity contribution is -0.139. The van der Waals surface area contributed by atoms with Crippen molar-refractivity contribution in [3.05, 3.63) is 72.2 Å². The number of imide groups is 1. The summed E-state index contributed by atoms with van der Waals surface area (Å²) in [5.41, 5.74) is 1.78. The van der Waals surface area contributed by atoms with Gasteiger partial charge in [-0.1, -0.05) is 12.1 Å². The first-order valence-electron chi connectivity index (χ1n) is 8.80. The maximum absolute atomic E-state index is 12.6. The molecule has 140 valence electrons. The molecule has 0 atom stereocenters. The number of likely N-dealkylation sites (tertiary alicyclic amines) is 1. The molecule has 1 fully saturated rings. The summed E-state index contributed by atoms with van der Waals surface area (Å²) >= 11 is 0. The van der Waals surface area contributed by atoms with Gasteiger partial charge in [-0.15, -0.1) is 0 Å². The van der Waals surface area contributed by atoms with E-state index in [2.05, 4.69) is 15.4 Å². The predicted molar refractivity (Wildman–Crippen MR) is 101 cm³/mol. The van der Waals surface area contributed by atoms with Crippen LogP contribution in [0.2, 0.25) is 0 Å².